The molecule has 2 fully saturated rings. The van der Waals surface area contributed by atoms with E-state index >= 15 is 0 Å². The van der Waals surface area contributed by atoms with Gasteiger partial charge in [-0.2, -0.15) is 0 Å². The first-order valence-electron chi connectivity index (χ1n) is 6.46. The number of rotatable bonds is 5. The number of unbranched alkanes of at least 4 members (excludes halogenated alkanes) is 1. The molecule has 3 atom stereocenters. The quantitative estimate of drug-likeness (QED) is 0.533. The summed E-state index contributed by atoms with van der Waals surface area (Å²) >= 11 is 0. The van der Waals surface area contributed by atoms with Crippen LogP contribution in [0.15, 0.2) is 0 Å². The summed E-state index contributed by atoms with van der Waals surface area (Å²) in [7, 11) is 0. The first kappa shape index (κ1) is 11.9. The molecular formula is C13H22O3. The number of ether oxygens (including phenoxy) is 2. The van der Waals surface area contributed by atoms with Crippen LogP contribution in [0.2, 0.25) is 0 Å². The normalized spacial score (nSPS) is 33.2. The summed E-state index contributed by atoms with van der Waals surface area (Å²) in [6.07, 6.45) is 4.82. The van der Waals surface area contributed by atoms with Gasteiger partial charge in [0, 0.05) is 5.92 Å². The highest BCUT2D eigenvalue weighted by Gasteiger charge is 2.47. The first-order chi connectivity index (χ1) is 7.68. The van der Waals surface area contributed by atoms with Crippen molar-refractivity contribution in [3.05, 3.63) is 0 Å². The summed E-state index contributed by atoms with van der Waals surface area (Å²) in [4.78, 5) is 11.5. The molecule has 0 bridgehead atoms. The van der Waals surface area contributed by atoms with Crippen molar-refractivity contribution >= 4 is 5.97 Å². The van der Waals surface area contributed by atoms with Gasteiger partial charge in [-0.3, -0.25) is 4.79 Å². The summed E-state index contributed by atoms with van der Waals surface area (Å²) in [5.41, 5.74) is 0. The maximum Gasteiger partial charge on any atom is 0.312 e. The molecule has 0 spiro atoms. The molecule has 2 heterocycles. The molecule has 2 aliphatic rings. The largest absolute Gasteiger partial charge is 0.465 e. The third-order valence-corrected chi connectivity index (χ3v) is 3.66. The zero-order chi connectivity index (χ0) is 11.5. The zero-order valence-electron chi connectivity index (χ0n) is 10.3. The van der Waals surface area contributed by atoms with Crippen molar-refractivity contribution in [1.82, 2.24) is 0 Å². The molecule has 3 nitrogen and oxygen atoms in total. The van der Waals surface area contributed by atoms with Crippen molar-refractivity contribution < 1.29 is 14.3 Å². The van der Waals surface area contributed by atoms with E-state index in [9.17, 15) is 4.79 Å². The molecule has 0 saturated carbocycles. The Morgan fingerprint density at radius 2 is 2.12 bits per heavy atom. The summed E-state index contributed by atoms with van der Waals surface area (Å²) < 4.78 is 10.8. The highest BCUT2D eigenvalue weighted by Crippen LogP contribution is 2.35. The summed E-state index contributed by atoms with van der Waals surface area (Å²) in [6, 6.07) is 0. The molecule has 0 radical (unpaired) electrons. The number of esters is 1. The Morgan fingerprint density at radius 1 is 1.31 bits per heavy atom. The average molecular weight is 226 g/mol. The minimum atomic E-state index is -0.0311. The van der Waals surface area contributed by atoms with Crippen LogP contribution in [0.1, 0.15) is 39.5 Å². The lowest BCUT2D eigenvalue weighted by Gasteiger charge is -2.14. The fourth-order valence-electron chi connectivity index (χ4n) is 2.70. The Labute approximate surface area is 97.5 Å². The summed E-state index contributed by atoms with van der Waals surface area (Å²) in [6.45, 7) is 5.78. The number of fused-ring (bicyclic) bond motifs is 1. The molecule has 3 heteroatoms. The molecule has 0 aromatic heterocycles. The molecule has 92 valence electrons. The number of carbonyl (C=O) groups is 1. The molecule has 0 aromatic rings. The summed E-state index contributed by atoms with van der Waals surface area (Å²) in [5, 5.41) is 0. The predicted octanol–water partition coefficient (Wildman–Crippen LogP) is 2.39. The maximum absolute atomic E-state index is 11.5. The van der Waals surface area contributed by atoms with Crippen molar-refractivity contribution in [3.63, 3.8) is 0 Å². The molecule has 2 saturated heterocycles. The van der Waals surface area contributed by atoms with E-state index in [4.69, 9.17) is 9.47 Å². The van der Waals surface area contributed by atoms with Gasteiger partial charge in [-0.1, -0.05) is 33.1 Å². The maximum atomic E-state index is 11.5. The Kier molecular flexibility index (Phi) is 3.85. The number of carbonyl (C=O) groups excluding carboxylic acids is 1. The molecule has 2 aliphatic heterocycles. The molecule has 0 aliphatic carbocycles. The second kappa shape index (κ2) is 5.17. The van der Waals surface area contributed by atoms with Gasteiger partial charge >= 0.3 is 5.97 Å². The average Bonchev–Trinajstić information content (AvgIpc) is 2.78. The predicted molar refractivity (Wildman–Crippen MR) is 61.0 cm³/mol. The lowest BCUT2D eigenvalue weighted by atomic mass is 9.90. The van der Waals surface area contributed by atoms with E-state index in [1.54, 1.807) is 0 Å². The van der Waals surface area contributed by atoms with Gasteiger partial charge in [0.25, 0.3) is 0 Å². The van der Waals surface area contributed by atoms with Crippen LogP contribution in [0, 0.1) is 17.8 Å². The zero-order valence-corrected chi connectivity index (χ0v) is 10.3. The van der Waals surface area contributed by atoms with Gasteiger partial charge in [0.1, 0.15) is 0 Å². The number of hydrogen-bond acceptors (Lipinski definition) is 3. The third kappa shape index (κ3) is 2.57. The van der Waals surface area contributed by atoms with Crippen molar-refractivity contribution in [2.45, 2.75) is 45.6 Å². The van der Waals surface area contributed by atoms with Gasteiger partial charge in [0.2, 0.25) is 0 Å². The standard InChI is InChI=1S/C13H22O3/c1-9(2)5-3-4-6-11-12-10(7-15-11)8-16-13(12)14/h9-12H,3-8H2,1-2H3/t10-,11-,12+/m1/s1. The third-order valence-electron chi connectivity index (χ3n) is 3.66. The van der Waals surface area contributed by atoms with Gasteiger partial charge in [-0.05, 0) is 12.3 Å². The van der Waals surface area contributed by atoms with Crippen LogP contribution in [-0.4, -0.2) is 25.3 Å². The van der Waals surface area contributed by atoms with Crippen molar-refractivity contribution in [1.29, 1.82) is 0 Å². The summed E-state index contributed by atoms with van der Waals surface area (Å²) in [5.74, 6) is 1.12. The molecular weight excluding hydrogens is 204 g/mol. The van der Waals surface area contributed by atoms with Gasteiger partial charge < -0.3 is 9.47 Å². The first-order valence-corrected chi connectivity index (χ1v) is 6.46. The van der Waals surface area contributed by atoms with Crippen LogP contribution < -0.4 is 0 Å². The topological polar surface area (TPSA) is 35.5 Å². The fourth-order valence-corrected chi connectivity index (χ4v) is 2.70. The Bertz CT molecular complexity index is 250. The lowest BCUT2D eigenvalue weighted by molar-refractivity contribution is -0.144. The van der Waals surface area contributed by atoms with Crippen LogP contribution >= 0.6 is 0 Å². The highest BCUT2D eigenvalue weighted by molar-refractivity contribution is 5.75. The van der Waals surface area contributed by atoms with E-state index in [1.807, 2.05) is 0 Å². The van der Waals surface area contributed by atoms with Gasteiger partial charge in [-0.25, -0.2) is 0 Å². The van der Waals surface area contributed by atoms with E-state index in [-0.39, 0.29) is 18.0 Å². The van der Waals surface area contributed by atoms with E-state index in [0.29, 0.717) is 19.1 Å². The highest BCUT2D eigenvalue weighted by atomic mass is 16.6. The second-order valence-electron chi connectivity index (χ2n) is 5.47. The molecule has 0 amide bonds. The Balaban J connectivity index is 1.72. The molecule has 2 rings (SSSR count). The minimum absolute atomic E-state index is 0.0311. The molecule has 0 N–H and O–H groups in total. The monoisotopic (exact) mass is 226 g/mol. The van der Waals surface area contributed by atoms with E-state index in [2.05, 4.69) is 13.8 Å². The molecule has 16 heavy (non-hydrogen) atoms. The van der Waals surface area contributed by atoms with Gasteiger partial charge in [-0.15, -0.1) is 0 Å². The number of hydrogen-bond donors (Lipinski definition) is 0. The van der Waals surface area contributed by atoms with E-state index in [0.717, 1.165) is 12.3 Å². The van der Waals surface area contributed by atoms with E-state index in [1.165, 1.54) is 19.3 Å². The smallest absolute Gasteiger partial charge is 0.312 e. The Hall–Kier alpha value is -0.570. The van der Waals surface area contributed by atoms with Crippen molar-refractivity contribution in [2.24, 2.45) is 17.8 Å². The Morgan fingerprint density at radius 3 is 2.88 bits per heavy atom. The minimum Gasteiger partial charge on any atom is -0.465 e. The lowest BCUT2D eigenvalue weighted by Crippen LogP contribution is -2.23. The van der Waals surface area contributed by atoms with Crippen LogP contribution in [-0.2, 0) is 14.3 Å². The molecule has 0 aromatic carbocycles. The van der Waals surface area contributed by atoms with Crippen LogP contribution in [0.3, 0.4) is 0 Å². The van der Waals surface area contributed by atoms with Gasteiger partial charge in [0.15, 0.2) is 0 Å². The van der Waals surface area contributed by atoms with Crippen LogP contribution in [0.25, 0.3) is 0 Å². The fraction of sp³-hybridized carbons (Fsp3) is 0.923. The van der Waals surface area contributed by atoms with Gasteiger partial charge in [0.05, 0.1) is 25.2 Å². The van der Waals surface area contributed by atoms with Crippen molar-refractivity contribution in [2.75, 3.05) is 13.2 Å². The van der Waals surface area contributed by atoms with E-state index < -0.39 is 0 Å². The molecule has 0 unspecified atom stereocenters. The van der Waals surface area contributed by atoms with Crippen LogP contribution in [0.5, 0.6) is 0 Å². The second-order valence-corrected chi connectivity index (χ2v) is 5.47. The SMILES string of the molecule is CC(C)CCCC[C@H]1OC[C@@H]2COC(=O)[C@@H]21. The van der Waals surface area contributed by atoms with Crippen molar-refractivity contribution in [3.8, 4) is 0 Å². The van der Waals surface area contributed by atoms with Crippen LogP contribution in [0.4, 0.5) is 0 Å². The number of cyclic esters (lactones) is 1.